The molecule has 2 aromatic carbocycles. The van der Waals surface area contributed by atoms with Crippen molar-refractivity contribution in [1.82, 2.24) is 0 Å². The molecule has 4 rings (SSSR count). The van der Waals surface area contributed by atoms with Gasteiger partial charge < -0.3 is 5.32 Å². The summed E-state index contributed by atoms with van der Waals surface area (Å²) < 4.78 is 0.837. The molecule has 4 aromatic rings. The fourth-order valence-corrected chi connectivity index (χ4v) is 4.70. The summed E-state index contributed by atoms with van der Waals surface area (Å²) in [5, 5.41) is 6.60. The van der Waals surface area contributed by atoms with Crippen LogP contribution < -0.4 is 10.7 Å². The highest BCUT2D eigenvalue weighted by molar-refractivity contribution is 7.23. The average Bonchev–Trinajstić information content (AvgIpc) is 3.16. The number of nitrogens with one attached hydrogen (secondary N) is 1. The van der Waals surface area contributed by atoms with Gasteiger partial charge in [0.25, 0.3) is 5.91 Å². The van der Waals surface area contributed by atoms with Gasteiger partial charge in [-0.3, -0.25) is 9.59 Å². The van der Waals surface area contributed by atoms with Crippen molar-refractivity contribution in [3.05, 3.63) is 86.9 Å². The van der Waals surface area contributed by atoms with Crippen LogP contribution in [0.15, 0.2) is 70.8 Å². The van der Waals surface area contributed by atoms with E-state index in [1.54, 1.807) is 24.3 Å². The number of anilines is 1. The third kappa shape index (κ3) is 3.17. The predicted octanol–water partition coefficient (Wildman–Crippen LogP) is 5.90. The predicted molar refractivity (Wildman–Crippen MR) is 111 cm³/mol. The second-order valence-corrected chi connectivity index (χ2v) is 8.01. The SMILES string of the molecule is O=C(Nc1sc2ccccc2c(=O)c1-c1cccs1)c1ccc(Cl)cc1. The summed E-state index contributed by atoms with van der Waals surface area (Å²) in [4.78, 5) is 26.5. The van der Waals surface area contributed by atoms with Crippen LogP contribution in [0.2, 0.25) is 5.02 Å². The Morgan fingerprint density at radius 2 is 1.73 bits per heavy atom. The molecule has 1 N–H and O–H groups in total. The second kappa shape index (κ2) is 7.03. The summed E-state index contributed by atoms with van der Waals surface area (Å²) in [5.74, 6) is -0.273. The summed E-state index contributed by atoms with van der Waals surface area (Å²) in [6.07, 6.45) is 0. The molecule has 128 valence electrons. The van der Waals surface area contributed by atoms with Crippen LogP contribution in [0, 0.1) is 0 Å². The molecule has 0 unspecified atom stereocenters. The molecule has 2 aromatic heterocycles. The van der Waals surface area contributed by atoms with Crippen molar-refractivity contribution in [2.24, 2.45) is 0 Å². The smallest absolute Gasteiger partial charge is 0.256 e. The second-order valence-electron chi connectivity index (χ2n) is 5.57. The first-order valence-corrected chi connectivity index (χ1v) is 9.87. The fraction of sp³-hybridized carbons (Fsp3) is 0. The molecule has 0 aliphatic carbocycles. The summed E-state index contributed by atoms with van der Waals surface area (Å²) in [6.45, 7) is 0. The lowest BCUT2D eigenvalue weighted by Gasteiger charge is -2.10. The van der Waals surface area contributed by atoms with Crippen LogP contribution in [-0.4, -0.2) is 5.91 Å². The highest BCUT2D eigenvalue weighted by Crippen LogP contribution is 2.35. The maximum absolute atomic E-state index is 13.1. The Bertz CT molecular complexity index is 1150. The fourth-order valence-electron chi connectivity index (χ4n) is 2.65. The number of carbonyl (C=O) groups excluding carboxylic acids is 1. The van der Waals surface area contributed by atoms with Crippen LogP contribution in [0.4, 0.5) is 5.00 Å². The van der Waals surface area contributed by atoms with Crippen molar-refractivity contribution >= 4 is 55.3 Å². The minimum absolute atomic E-state index is 0.0757. The monoisotopic (exact) mass is 397 g/mol. The molecule has 0 fully saturated rings. The molecule has 0 bridgehead atoms. The molecule has 0 aliphatic heterocycles. The van der Waals surface area contributed by atoms with Gasteiger partial charge in [-0.1, -0.05) is 29.8 Å². The average molecular weight is 398 g/mol. The van der Waals surface area contributed by atoms with E-state index in [9.17, 15) is 9.59 Å². The Kier molecular flexibility index (Phi) is 4.59. The zero-order valence-corrected chi connectivity index (χ0v) is 15.8. The first kappa shape index (κ1) is 17.0. The van der Waals surface area contributed by atoms with Crippen molar-refractivity contribution in [2.75, 3.05) is 5.32 Å². The van der Waals surface area contributed by atoms with E-state index in [2.05, 4.69) is 5.32 Å². The topological polar surface area (TPSA) is 46.2 Å². The zero-order valence-electron chi connectivity index (χ0n) is 13.4. The molecular formula is C20H12ClNO2S2. The first-order chi connectivity index (χ1) is 12.6. The van der Waals surface area contributed by atoms with E-state index in [4.69, 9.17) is 11.6 Å². The van der Waals surface area contributed by atoms with Crippen LogP contribution in [0.3, 0.4) is 0 Å². The van der Waals surface area contributed by atoms with E-state index in [0.29, 0.717) is 26.5 Å². The maximum atomic E-state index is 13.1. The Labute approximate surface area is 162 Å². The Hall–Kier alpha value is -2.47. The molecule has 0 saturated heterocycles. The van der Waals surface area contributed by atoms with Crippen molar-refractivity contribution in [3.8, 4) is 10.4 Å². The summed E-state index contributed by atoms with van der Waals surface area (Å²) in [5.41, 5.74) is 0.943. The number of carbonyl (C=O) groups is 1. The summed E-state index contributed by atoms with van der Waals surface area (Å²) in [7, 11) is 0. The van der Waals surface area contributed by atoms with Crippen LogP contribution in [-0.2, 0) is 0 Å². The van der Waals surface area contributed by atoms with Gasteiger partial charge in [-0.2, -0.15) is 0 Å². The normalized spacial score (nSPS) is 10.8. The molecule has 0 atom stereocenters. The number of hydrogen-bond acceptors (Lipinski definition) is 4. The molecule has 0 saturated carbocycles. The third-order valence-electron chi connectivity index (χ3n) is 3.90. The molecule has 2 heterocycles. The zero-order chi connectivity index (χ0) is 18.1. The Morgan fingerprint density at radius 1 is 0.962 bits per heavy atom. The van der Waals surface area contributed by atoms with E-state index in [-0.39, 0.29) is 11.3 Å². The molecule has 0 radical (unpaired) electrons. The summed E-state index contributed by atoms with van der Waals surface area (Å²) in [6, 6.07) is 17.9. The maximum Gasteiger partial charge on any atom is 0.256 e. The van der Waals surface area contributed by atoms with Crippen LogP contribution in [0.1, 0.15) is 10.4 Å². The van der Waals surface area contributed by atoms with Gasteiger partial charge in [0, 0.05) is 25.5 Å². The van der Waals surface area contributed by atoms with Crippen LogP contribution in [0.5, 0.6) is 0 Å². The highest BCUT2D eigenvalue weighted by Gasteiger charge is 2.17. The van der Waals surface area contributed by atoms with E-state index >= 15 is 0 Å². The lowest BCUT2D eigenvalue weighted by atomic mass is 10.1. The van der Waals surface area contributed by atoms with Gasteiger partial charge in [0.2, 0.25) is 0 Å². The minimum Gasteiger partial charge on any atom is -0.313 e. The standard InChI is InChI=1S/C20H12ClNO2S2/c21-13-9-7-12(8-10-13)19(24)22-20-17(16-6-3-11-25-16)18(23)14-4-1-2-5-15(14)26-20/h1-11H,(H,22,24). The van der Waals surface area contributed by atoms with Gasteiger partial charge in [0.15, 0.2) is 5.43 Å². The third-order valence-corrected chi connectivity index (χ3v) is 6.12. The van der Waals surface area contributed by atoms with Crippen molar-refractivity contribution in [1.29, 1.82) is 0 Å². The Balaban J connectivity index is 1.85. The van der Waals surface area contributed by atoms with Gasteiger partial charge in [-0.15, -0.1) is 22.7 Å². The van der Waals surface area contributed by atoms with E-state index < -0.39 is 0 Å². The van der Waals surface area contributed by atoms with Crippen molar-refractivity contribution < 1.29 is 4.79 Å². The van der Waals surface area contributed by atoms with Gasteiger partial charge in [-0.25, -0.2) is 0 Å². The summed E-state index contributed by atoms with van der Waals surface area (Å²) >= 11 is 8.76. The lowest BCUT2D eigenvalue weighted by Crippen LogP contribution is -2.15. The number of amides is 1. The van der Waals surface area contributed by atoms with Crippen LogP contribution in [0.25, 0.3) is 20.5 Å². The molecule has 0 aliphatic rings. The Morgan fingerprint density at radius 3 is 2.46 bits per heavy atom. The van der Waals surface area contributed by atoms with E-state index in [1.165, 1.54) is 22.7 Å². The van der Waals surface area contributed by atoms with Crippen LogP contribution >= 0.6 is 34.3 Å². The van der Waals surface area contributed by atoms with Crippen molar-refractivity contribution in [3.63, 3.8) is 0 Å². The van der Waals surface area contributed by atoms with Gasteiger partial charge in [0.1, 0.15) is 5.00 Å². The van der Waals surface area contributed by atoms with Gasteiger partial charge >= 0.3 is 0 Å². The van der Waals surface area contributed by atoms with Gasteiger partial charge in [-0.05, 0) is 47.8 Å². The molecule has 6 heteroatoms. The molecule has 0 spiro atoms. The molecule has 26 heavy (non-hydrogen) atoms. The van der Waals surface area contributed by atoms with E-state index in [0.717, 1.165) is 9.58 Å². The highest BCUT2D eigenvalue weighted by atomic mass is 35.5. The largest absolute Gasteiger partial charge is 0.313 e. The van der Waals surface area contributed by atoms with Gasteiger partial charge in [0.05, 0.1) is 5.56 Å². The minimum atomic E-state index is -0.273. The molecule has 1 amide bonds. The van der Waals surface area contributed by atoms with E-state index in [1.807, 2.05) is 41.8 Å². The number of thiophene rings is 1. The number of benzene rings is 2. The number of hydrogen-bond donors (Lipinski definition) is 1. The van der Waals surface area contributed by atoms with Crippen molar-refractivity contribution in [2.45, 2.75) is 0 Å². The first-order valence-electron chi connectivity index (χ1n) is 7.80. The number of halogens is 1. The lowest BCUT2D eigenvalue weighted by molar-refractivity contribution is 0.102. The molecular weight excluding hydrogens is 386 g/mol. The number of fused-ring (bicyclic) bond motifs is 1. The number of rotatable bonds is 3. The quantitative estimate of drug-likeness (QED) is 0.468. The molecule has 3 nitrogen and oxygen atoms in total.